The summed E-state index contributed by atoms with van der Waals surface area (Å²) in [6.45, 7) is 8.25. The average molecular weight is 316 g/mol. The predicted molar refractivity (Wildman–Crippen MR) is 88.7 cm³/mol. The smallest absolute Gasteiger partial charge is 0.338 e. The normalized spacial score (nSPS) is 17.8. The van der Waals surface area contributed by atoms with Crippen molar-refractivity contribution in [1.82, 2.24) is 10.6 Å². The zero-order valence-corrected chi connectivity index (χ0v) is 14.1. The maximum Gasteiger partial charge on any atom is 0.338 e. The Kier molecular flexibility index (Phi) is 5.42. The molecule has 0 radical (unpaired) electrons. The summed E-state index contributed by atoms with van der Waals surface area (Å²) in [4.78, 5) is 24.3. The van der Waals surface area contributed by atoms with Gasteiger partial charge in [0.2, 0.25) is 0 Å². The Morgan fingerprint density at radius 2 is 1.87 bits per heavy atom. The van der Waals surface area contributed by atoms with Gasteiger partial charge in [0, 0.05) is 5.70 Å². The number of rotatable bonds is 5. The Morgan fingerprint density at radius 3 is 2.48 bits per heavy atom. The zero-order chi connectivity index (χ0) is 17.0. The quantitative estimate of drug-likeness (QED) is 0.820. The number of amides is 2. The molecule has 0 aliphatic carbocycles. The largest absolute Gasteiger partial charge is 0.462 e. The summed E-state index contributed by atoms with van der Waals surface area (Å²) < 4.78 is 5.39. The van der Waals surface area contributed by atoms with Crippen LogP contribution in [0.4, 0.5) is 4.79 Å². The number of hydrogen-bond acceptors (Lipinski definition) is 3. The summed E-state index contributed by atoms with van der Waals surface area (Å²) in [5, 5.41) is 5.45. The first-order chi connectivity index (χ1) is 10.9. The van der Waals surface area contributed by atoms with Crippen molar-refractivity contribution in [3.05, 3.63) is 46.7 Å². The molecule has 1 aliphatic rings. The van der Waals surface area contributed by atoms with Crippen molar-refractivity contribution in [2.75, 3.05) is 6.61 Å². The number of carbonyl (C=O) groups is 2. The van der Waals surface area contributed by atoms with Crippen molar-refractivity contribution in [3.8, 4) is 0 Å². The Balaban J connectivity index is 2.24. The van der Waals surface area contributed by atoms with Crippen molar-refractivity contribution in [2.45, 2.75) is 40.2 Å². The molecule has 0 bridgehead atoms. The number of aryl methyl sites for hydroxylation is 1. The Bertz CT molecular complexity index is 618. The molecule has 2 amide bonds. The molecule has 1 aromatic rings. The van der Waals surface area contributed by atoms with Gasteiger partial charge < -0.3 is 15.4 Å². The fraction of sp³-hybridized carbons (Fsp3) is 0.444. The van der Waals surface area contributed by atoms with Crippen molar-refractivity contribution in [1.29, 1.82) is 0 Å². The molecule has 2 N–H and O–H groups in total. The third-order valence-electron chi connectivity index (χ3n) is 3.83. The van der Waals surface area contributed by atoms with Crippen molar-refractivity contribution >= 4 is 12.0 Å². The van der Waals surface area contributed by atoms with Gasteiger partial charge in [0.15, 0.2) is 0 Å². The first kappa shape index (κ1) is 17.1. The summed E-state index contributed by atoms with van der Waals surface area (Å²) in [5.41, 5.74) is 2.97. The van der Waals surface area contributed by atoms with Gasteiger partial charge in [-0.15, -0.1) is 0 Å². The number of carbonyl (C=O) groups excluding carboxylic acids is 2. The average Bonchev–Trinajstić information content (AvgIpc) is 2.46. The SMILES string of the molecule is CC1=C(C(=O)OCCC(C)C)[C@@H](c2ccc(C)cc2)NC(=O)N1. The summed E-state index contributed by atoms with van der Waals surface area (Å²) in [6.07, 6.45) is 0.813. The molecule has 0 unspecified atom stereocenters. The lowest BCUT2D eigenvalue weighted by molar-refractivity contribution is -0.139. The molecule has 124 valence electrons. The molecule has 23 heavy (non-hydrogen) atoms. The maximum absolute atomic E-state index is 12.5. The van der Waals surface area contributed by atoms with Gasteiger partial charge in [-0.05, 0) is 31.7 Å². The molecular formula is C18H24N2O3. The summed E-state index contributed by atoms with van der Waals surface area (Å²) in [5.74, 6) is 0.0798. The number of nitrogens with one attached hydrogen (secondary N) is 2. The van der Waals surface area contributed by atoms with E-state index in [1.807, 2.05) is 31.2 Å². The van der Waals surface area contributed by atoms with Gasteiger partial charge in [-0.3, -0.25) is 0 Å². The molecule has 5 heteroatoms. The van der Waals surface area contributed by atoms with Gasteiger partial charge in [-0.1, -0.05) is 43.7 Å². The van der Waals surface area contributed by atoms with E-state index in [1.165, 1.54) is 0 Å². The third-order valence-corrected chi connectivity index (χ3v) is 3.83. The summed E-state index contributed by atoms with van der Waals surface area (Å²) in [7, 11) is 0. The Labute approximate surface area is 137 Å². The molecule has 0 fully saturated rings. The third kappa shape index (κ3) is 4.34. The van der Waals surface area contributed by atoms with Crippen LogP contribution in [0.15, 0.2) is 35.5 Å². The van der Waals surface area contributed by atoms with Crippen LogP contribution in [0.1, 0.15) is 44.4 Å². The van der Waals surface area contributed by atoms with E-state index in [1.54, 1.807) is 6.92 Å². The molecule has 5 nitrogen and oxygen atoms in total. The summed E-state index contributed by atoms with van der Waals surface area (Å²) >= 11 is 0. The number of benzene rings is 1. The Hall–Kier alpha value is -2.30. The predicted octanol–water partition coefficient (Wildman–Crippen LogP) is 3.21. The van der Waals surface area contributed by atoms with E-state index in [2.05, 4.69) is 24.5 Å². The Morgan fingerprint density at radius 1 is 1.22 bits per heavy atom. The van der Waals surface area contributed by atoms with Crippen LogP contribution in [-0.2, 0) is 9.53 Å². The minimum atomic E-state index is -0.490. The lowest BCUT2D eigenvalue weighted by Gasteiger charge is -2.28. The minimum Gasteiger partial charge on any atom is -0.462 e. The molecule has 2 rings (SSSR count). The highest BCUT2D eigenvalue weighted by atomic mass is 16.5. The first-order valence-corrected chi connectivity index (χ1v) is 7.90. The van der Waals surface area contributed by atoms with Crippen LogP contribution in [0.2, 0.25) is 0 Å². The number of esters is 1. The van der Waals surface area contributed by atoms with E-state index >= 15 is 0 Å². The van der Waals surface area contributed by atoms with Crippen LogP contribution in [0.3, 0.4) is 0 Å². The van der Waals surface area contributed by atoms with E-state index in [4.69, 9.17) is 4.74 Å². The second-order valence-corrected chi connectivity index (χ2v) is 6.30. The molecule has 1 atom stereocenters. The van der Waals surface area contributed by atoms with Gasteiger partial charge in [-0.2, -0.15) is 0 Å². The van der Waals surface area contributed by atoms with Crippen LogP contribution in [0.25, 0.3) is 0 Å². The monoisotopic (exact) mass is 316 g/mol. The molecule has 0 spiro atoms. The summed E-state index contributed by atoms with van der Waals surface area (Å²) in [6, 6.07) is 6.95. The van der Waals surface area contributed by atoms with Gasteiger partial charge in [0.1, 0.15) is 0 Å². The van der Waals surface area contributed by atoms with Gasteiger partial charge >= 0.3 is 12.0 Å². The topological polar surface area (TPSA) is 67.4 Å². The van der Waals surface area contributed by atoms with Gasteiger partial charge in [0.05, 0.1) is 18.2 Å². The van der Waals surface area contributed by atoms with Crippen molar-refractivity contribution in [3.63, 3.8) is 0 Å². The van der Waals surface area contributed by atoms with Gasteiger partial charge in [0.25, 0.3) is 0 Å². The van der Waals surface area contributed by atoms with E-state index in [0.29, 0.717) is 23.8 Å². The molecule has 0 saturated carbocycles. The molecule has 1 heterocycles. The molecular weight excluding hydrogens is 292 g/mol. The highest BCUT2D eigenvalue weighted by Gasteiger charge is 2.32. The lowest BCUT2D eigenvalue weighted by Crippen LogP contribution is -2.45. The van der Waals surface area contributed by atoms with E-state index in [0.717, 1.165) is 17.5 Å². The first-order valence-electron chi connectivity index (χ1n) is 7.90. The molecule has 1 aromatic carbocycles. The molecule has 0 aromatic heterocycles. The van der Waals surface area contributed by atoms with Crippen molar-refractivity contribution < 1.29 is 14.3 Å². The minimum absolute atomic E-state index is 0.313. The van der Waals surface area contributed by atoms with Crippen LogP contribution in [0.5, 0.6) is 0 Å². The highest BCUT2D eigenvalue weighted by molar-refractivity contribution is 5.95. The zero-order valence-electron chi connectivity index (χ0n) is 14.1. The van der Waals surface area contributed by atoms with Crippen molar-refractivity contribution in [2.24, 2.45) is 5.92 Å². The number of hydrogen-bond donors (Lipinski definition) is 2. The van der Waals surface area contributed by atoms with E-state index in [-0.39, 0.29) is 12.0 Å². The fourth-order valence-corrected chi connectivity index (χ4v) is 2.44. The number of ether oxygens (including phenoxy) is 1. The fourth-order valence-electron chi connectivity index (χ4n) is 2.44. The second kappa shape index (κ2) is 7.31. The second-order valence-electron chi connectivity index (χ2n) is 6.30. The van der Waals surface area contributed by atoms with E-state index in [9.17, 15) is 9.59 Å². The van der Waals surface area contributed by atoms with E-state index < -0.39 is 6.04 Å². The highest BCUT2D eigenvalue weighted by Crippen LogP contribution is 2.27. The standard InChI is InChI=1S/C18H24N2O3/c1-11(2)9-10-23-17(21)15-13(4)19-18(22)20-16(15)14-7-5-12(3)6-8-14/h5-8,11,16H,9-10H2,1-4H3,(H2,19,20,22)/t16-/m1/s1. The number of urea groups is 1. The van der Waals surface area contributed by atoms with Gasteiger partial charge in [-0.25, -0.2) is 9.59 Å². The lowest BCUT2D eigenvalue weighted by atomic mass is 9.95. The van der Waals surface area contributed by atoms with Crippen LogP contribution in [0, 0.1) is 12.8 Å². The maximum atomic E-state index is 12.5. The molecule has 1 aliphatic heterocycles. The van der Waals surface area contributed by atoms with Crippen LogP contribution < -0.4 is 10.6 Å². The number of allylic oxidation sites excluding steroid dienone is 1. The van der Waals surface area contributed by atoms with Crippen LogP contribution >= 0.6 is 0 Å². The molecule has 0 saturated heterocycles. The van der Waals surface area contributed by atoms with Crippen LogP contribution in [-0.4, -0.2) is 18.6 Å².